The van der Waals surface area contributed by atoms with Crippen molar-refractivity contribution in [3.05, 3.63) is 33.9 Å². The lowest BCUT2D eigenvalue weighted by atomic mass is 9.94. The summed E-state index contributed by atoms with van der Waals surface area (Å²) >= 11 is 1.10. The Bertz CT molecular complexity index is 999. The van der Waals surface area contributed by atoms with Crippen LogP contribution in [-0.2, 0) is 22.6 Å². The number of nitrogens with one attached hydrogen (secondary N) is 1. The van der Waals surface area contributed by atoms with Gasteiger partial charge in [0.15, 0.2) is 0 Å². The lowest BCUT2D eigenvalue weighted by Crippen LogP contribution is -2.11. The van der Waals surface area contributed by atoms with Crippen LogP contribution in [0, 0.1) is 6.92 Å². The summed E-state index contributed by atoms with van der Waals surface area (Å²) in [6, 6.07) is 0. The van der Waals surface area contributed by atoms with Gasteiger partial charge in [-0.15, -0.1) is 10.2 Å². The number of carbonyl (C=O) groups is 2. The van der Waals surface area contributed by atoms with Crippen LogP contribution in [0.5, 0.6) is 11.5 Å². The second-order valence-corrected chi connectivity index (χ2v) is 7.67. The van der Waals surface area contributed by atoms with Gasteiger partial charge in [-0.25, -0.2) is 4.79 Å². The molecule has 2 aromatic rings. The molecule has 1 aromatic heterocycles. The monoisotopic (exact) mass is 418 g/mol. The fraction of sp³-hybridized carbons (Fsp3) is 0.368. The van der Waals surface area contributed by atoms with Gasteiger partial charge in [-0.2, -0.15) is 0 Å². The summed E-state index contributed by atoms with van der Waals surface area (Å²) in [4.78, 5) is 24.0. The second kappa shape index (κ2) is 8.48. The molecule has 0 saturated carbocycles. The van der Waals surface area contributed by atoms with E-state index < -0.39 is 5.97 Å². The fourth-order valence-corrected chi connectivity index (χ4v) is 3.71. The van der Waals surface area contributed by atoms with E-state index in [1.165, 1.54) is 7.11 Å². The highest BCUT2D eigenvalue weighted by Gasteiger charge is 2.31. The van der Waals surface area contributed by atoms with E-state index in [0.29, 0.717) is 40.0 Å². The number of phenolic OH excluding ortho intramolecular Hbond substituents is 1. The molecule has 0 atom stereocenters. The topological polar surface area (TPSA) is 137 Å². The molecule has 4 N–H and O–H groups in total. The van der Waals surface area contributed by atoms with Gasteiger partial charge >= 0.3 is 5.97 Å². The van der Waals surface area contributed by atoms with Gasteiger partial charge in [0.05, 0.1) is 7.11 Å². The Morgan fingerprint density at radius 2 is 2.17 bits per heavy atom. The molecular weight excluding hydrogens is 396 g/mol. The van der Waals surface area contributed by atoms with E-state index in [4.69, 9.17) is 15.2 Å². The molecule has 0 radical (unpaired) electrons. The molecule has 1 aromatic carbocycles. The van der Waals surface area contributed by atoms with Crippen molar-refractivity contribution in [2.75, 3.05) is 18.2 Å². The number of esters is 1. The Morgan fingerprint density at radius 3 is 2.83 bits per heavy atom. The van der Waals surface area contributed by atoms with E-state index in [1.807, 2.05) is 19.9 Å². The maximum Gasteiger partial charge on any atom is 0.342 e. The molecule has 0 fully saturated rings. The van der Waals surface area contributed by atoms with Gasteiger partial charge in [-0.1, -0.05) is 23.0 Å². The normalized spacial score (nSPS) is 13.2. The molecule has 154 valence electrons. The van der Waals surface area contributed by atoms with Crippen LogP contribution in [0.15, 0.2) is 11.6 Å². The zero-order valence-electron chi connectivity index (χ0n) is 16.4. The van der Waals surface area contributed by atoms with E-state index >= 15 is 0 Å². The lowest BCUT2D eigenvalue weighted by molar-refractivity contribution is -0.116. The number of fused-ring (bicyclic) bond motifs is 1. The van der Waals surface area contributed by atoms with E-state index in [0.717, 1.165) is 22.5 Å². The maximum atomic E-state index is 12.0. The predicted octanol–water partition coefficient (Wildman–Crippen LogP) is 2.72. The first-order valence-corrected chi connectivity index (χ1v) is 9.76. The molecule has 0 aliphatic carbocycles. The molecule has 0 saturated heterocycles. The van der Waals surface area contributed by atoms with Gasteiger partial charge in [0.1, 0.15) is 23.7 Å². The summed E-state index contributed by atoms with van der Waals surface area (Å²) < 4.78 is 10.5. The third-order valence-corrected chi connectivity index (χ3v) is 5.40. The van der Waals surface area contributed by atoms with Gasteiger partial charge in [0.25, 0.3) is 0 Å². The Kier molecular flexibility index (Phi) is 6.02. The van der Waals surface area contributed by atoms with Gasteiger partial charge in [0.2, 0.25) is 16.2 Å². The van der Waals surface area contributed by atoms with Crippen molar-refractivity contribution in [3.63, 3.8) is 0 Å². The smallest absolute Gasteiger partial charge is 0.342 e. The van der Waals surface area contributed by atoms with Crippen LogP contribution in [0.25, 0.3) is 0 Å². The van der Waals surface area contributed by atoms with Crippen LogP contribution in [0.4, 0.5) is 10.3 Å². The summed E-state index contributed by atoms with van der Waals surface area (Å²) in [5.41, 5.74) is 8.61. The van der Waals surface area contributed by atoms with E-state index in [-0.39, 0.29) is 30.2 Å². The minimum atomic E-state index is -0.529. The summed E-state index contributed by atoms with van der Waals surface area (Å²) in [7, 11) is 1.52. The maximum absolute atomic E-state index is 12.0. The number of nitrogens with zero attached hydrogens (tertiary/aromatic N) is 2. The largest absolute Gasteiger partial charge is 0.507 e. The number of anilines is 2. The average Bonchev–Trinajstić information content (AvgIpc) is 3.27. The van der Waals surface area contributed by atoms with Crippen molar-refractivity contribution in [3.8, 4) is 11.5 Å². The molecule has 0 unspecified atom stereocenters. The number of phenols is 1. The number of amides is 1. The zero-order chi connectivity index (χ0) is 21.1. The van der Waals surface area contributed by atoms with Crippen molar-refractivity contribution in [1.29, 1.82) is 0 Å². The van der Waals surface area contributed by atoms with Crippen molar-refractivity contribution in [2.24, 2.45) is 0 Å². The summed E-state index contributed by atoms with van der Waals surface area (Å²) in [6.45, 7) is 3.87. The molecule has 2 heterocycles. The third-order valence-electron chi connectivity index (χ3n) is 4.74. The number of nitrogen functional groups attached to an aromatic ring is 1. The Morgan fingerprint density at radius 1 is 1.41 bits per heavy atom. The number of ether oxygens (including phenoxy) is 2. The Balaban J connectivity index is 1.69. The quantitative estimate of drug-likeness (QED) is 0.461. The number of hydrogen-bond acceptors (Lipinski definition) is 9. The second-order valence-electron chi connectivity index (χ2n) is 6.66. The van der Waals surface area contributed by atoms with Crippen LogP contribution in [0.2, 0.25) is 0 Å². The molecule has 9 nitrogen and oxygen atoms in total. The fourth-order valence-electron chi connectivity index (χ4n) is 3.18. The third kappa shape index (κ3) is 4.32. The number of cyclic esters (lactones) is 1. The van der Waals surface area contributed by atoms with Crippen molar-refractivity contribution < 1.29 is 24.2 Å². The summed E-state index contributed by atoms with van der Waals surface area (Å²) in [6.07, 6.45) is 3.05. The number of hydrogen-bond donors (Lipinski definition) is 3. The first-order chi connectivity index (χ1) is 13.8. The number of aromatic nitrogens is 2. The minimum Gasteiger partial charge on any atom is -0.507 e. The van der Waals surface area contributed by atoms with Crippen LogP contribution in [0.3, 0.4) is 0 Å². The molecule has 0 bridgehead atoms. The number of benzene rings is 1. The average molecular weight is 418 g/mol. The van der Waals surface area contributed by atoms with E-state index in [1.54, 1.807) is 0 Å². The standard InChI is InChI=1S/C19H22N4O5S/c1-9(5-7-13(24)21-19-23-22-18(20)29-19)4-6-11-15(25)14-12(8-28-17(14)26)10(2)16(11)27-3/h4,25H,5-8H2,1-3H3,(H2,20,22)(H,21,23,24)/b9-4+. The predicted molar refractivity (Wildman–Crippen MR) is 108 cm³/mol. The van der Waals surface area contributed by atoms with Crippen LogP contribution >= 0.6 is 11.3 Å². The molecule has 1 aliphatic heterocycles. The highest BCUT2D eigenvalue weighted by molar-refractivity contribution is 7.18. The van der Waals surface area contributed by atoms with Crippen LogP contribution in [-0.4, -0.2) is 34.3 Å². The number of nitrogens with two attached hydrogens (primary N) is 1. The number of aromatic hydroxyl groups is 1. The number of allylic oxidation sites excluding steroid dienone is 2. The summed E-state index contributed by atoms with van der Waals surface area (Å²) in [5, 5.41) is 21.3. The first kappa shape index (κ1) is 20.6. The van der Waals surface area contributed by atoms with Gasteiger partial charge in [-0.05, 0) is 32.3 Å². The minimum absolute atomic E-state index is 0.111. The summed E-state index contributed by atoms with van der Waals surface area (Å²) in [5.74, 6) is -0.291. The molecule has 1 amide bonds. The molecular formula is C19H22N4O5S. The highest BCUT2D eigenvalue weighted by Crippen LogP contribution is 2.42. The number of rotatable bonds is 7. The van der Waals surface area contributed by atoms with Crippen molar-refractivity contribution >= 4 is 33.5 Å². The first-order valence-electron chi connectivity index (χ1n) is 8.94. The molecule has 29 heavy (non-hydrogen) atoms. The molecule has 10 heteroatoms. The van der Waals surface area contributed by atoms with E-state index in [2.05, 4.69) is 15.5 Å². The van der Waals surface area contributed by atoms with Gasteiger partial charge in [0, 0.05) is 17.5 Å². The highest BCUT2D eigenvalue weighted by atomic mass is 32.1. The van der Waals surface area contributed by atoms with Crippen molar-refractivity contribution in [2.45, 2.75) is 39.7 Å². The Labute approximate surface area is 171 Å². The number of carbonyl (C=O) groups excluding carboxylic acids is 2. The Hall–Kier alpha value is -3.14. The molecule has 0 spiro atoms. The van der Waals surface area contributed by atoms with Gasteiger partial charge in [-0.3, -0.25) is 4.79 Å². The number of methoxy groups -OCH3 is 1. The molecule has 1 aliphatic rings. The SMILES string of the molecule is COc1c(C)c2c(c(O)c1C/C=C(\C)CCC(=O)Nc1nnc(N)s1)C(=O)OC2. The van der Waals surface area contributed by atoms with E-state index in [9.17, 15) is 14.7 Å². The van der Waals surface area contributed by atoms with Crippen molar-refractivity contribution in [1.82, 2.24) is 10.2 Å². The van der Waals surface area contributed by atoms with Gasteiger partial charge < -0.3 is 25.6 Å². The molecule has 3 rings (SSSR count). The zero-order valence-corrected chi connectivity index (χ0v) is 17.2. The van der Waals surface area contributed by atoms with Crippen LogP contribution < -0.4 is 15.8 Å². The van der Waals surface area contributed by atoms with Crippen LogP contribution in [0.1, 0.15) is 46.8 Å². The lowest BCUT2D eigenvalue weighted by Gasteiger charge is -2.15.